The third kappa shape index (κ3) is 0.483. The van der Waals surface area contributed by atoms with E-state index in [1.54, 1.807) is 10.6 Å². The van der Waals surface area contributed by atoms with Crippen LogP contribution >= 0.6 is 7.92 Å². The molecule has 4 aromatic carbocycles. The van der Waals surface area contributed by atoms with E-state index in [1.807, 2.05) is 0 Å². The molecule has 10 saturated heterocycles. The number of hydrogen-bond acceptors (Lipinski definition) is 2. The summed E-state index contributed by atoms with van der Waals surface area (Å²) in [6.45, 7) is 1.57. The van der Waals surface area contributed by atoms with Crippen LogP contribution in [0.4, 0.5) is 0 Å². The van der Waals surface area contributed by atoms with Crippen LogP contribution in [-0.2, 0) is 11.2 Å². The summed E-state index contributed by atoms with van der Waals surface area (Å²) in [5.41, 5.74) is 0. The average molecular weight is 581 g/mol. The Balaban J connectivity index is 1.13. The molecule has 11 aliphatic rings. The number of benzene rings is 4. The molecular weight excluding hydrogens is 549 g/mol. The van der Waals surface area contributed by atoms with Crippen LogP contribution in [0.15, 0.2) is 89.9 Å². The molecule has 0 aromatic heterocycles. The molecule has 2 nitrogen and oxygen atoms in total. The molecule has 4 aromatic rings. The van der Waals surface area contributed by atoms with Crippen molar-refractivity contribution >= 4 is 46.0 Å². The number of aliphatic imine (C=N–C) groups is 1. The van der Waals surface area contributed by atoms with E-state index in [2.05, 4.69) is 98.8 Å². The topological polar surface area (TPSA) is 21.6 Å². The molecule has 1 spiro atoms. The third-order valence-electron chi connectivity index (χ3n) is 20.9. The van der Waals surface area contributed by atoms with Crippen molar-refractivity contribution in [1.29, 1.82) is 0 Å². The summed E-state index contributed by atoms with van der Waals surface area (Å²) in [4.78, 5) is 15.1. The molecule has 11 aliphatic heterocycles. The Morgan fingerprint density at radius 2 is 1.27 bits per heavy atom. The van der Waals surface area contributed by atoms with Gasteiger partial charge in [0.25, 0.3) is 0 Å². The van der Waals surface area contributed by atoms with Crippen LogP contribution in [0.5, 0.6) is 0 Å². The summed E-state index contributed by atoms with van der Waals surface area (Å²) in [5, 5.41) is 9.26. The molecule has 6 atom stereocenters. The molecule has 0 amide bonds. The fourth-order valence-corrected chi connectivity index (χ4v) is 112. The second-order valence-electron chi connectivity index (χ2n) is 17.6. The SMILES string of the molecule is CC(C)C1COC([C@]23[CH]4[CH]5[CH]6[C]2(P(c2cccc7ccccc27)c2cccc7ccccc27)[Fe]56432789[CH]3[CH]2[CH]7[CH]8[CH]39)=N1. The van der Waals surface area contributed by atoms with Gasteiger partial charge in [0.2, 0.25) is 0 Å². The van der Waals surface area contributed by atoms with Crippen molar-refractivity contribution in [2.24, 2.45) is 10.9 Å². The molecule has 40 heavy (non-hydrogen) atoms. The number of hydrogen-bond donors (Lipinski definition) is 0. The molecule has 0 bridgehead atoms. The van der Waals surface area contributed by atoms with Gasteiger partial charge in [-0.2, -0.15) is 0 Å². The summed E-state index contributed by atoms with van der Waals surface area (Å²) in [6, 6.07) is 33.6. The molecule has 5 unspecified atom stereocenters. The predicted octanol–water partition coefficient (Wildman–Crippen LogP) is 8.55. The van der Waals surface area contributed by atoms with Crippen LogP contribution < -0.4 is 10.6 Å². The fourth-order valence-electron chi connectivity index (χ4n) is 21.9. The van der Waals surface area contributed by atoms with Gasteiger partial charge in [-0.1, -0.05) is 0 Å². The van der Waals surface area contributed by atoms with E-state index >= 15 is 0 Å². The summed E-state index contributed by atoms with van der Waals surface area (Å²) in [7, 11) is -0.523. The van der Waals surface area contributed by atoms with Crippen molar-refractivity contribution in [3.05, 3.63) is 84.9 Å². The summed E-state index contributed by atoms with van der Waals surface area (Å²) < 4.78 is 7.97. The van der Waals surface area contributed by atoms with E-state index in [0.717, 1.165) is 16.2 Å². The number of fused-ring (bicyclic) bond motifs is 12. The van der Waals surface area contributed by atoms with Crippen molar-refractivity contribution in [3.63, 3.8) is 0 Å². The van der Waals surface area contributed by atoms with Crippen LogP contribution in [-0.4, -0.2) is 22.6 Å². The third-order valence-corrected chi connectivity index (χ3v) is 70.7. The summed E-state index contributed by atoms with van der Waals surface area (Å²) in [5.74, 6) is 1.93. The summed E-state index contributed by atoms with van der Waals surface area (Å²) >= 11 is 0. The molecule has 200 valence electrons. The van der Waals surface area contributed by atoms with Crippen molar-refractivity contribution in [2.45, 2.75) is 66.8 Å². The molecule has 10 fully saturated rings. The van der Waals surface area contributed by atoms with Crippen LogP contribution in [0, 0.1) is 5.92 Å². The number of rotatable bonds is 5. The maximum atomic E-state index is 6.97. The first kappa shape index (κ1) is 19.1. The van der Waals surface area contributed by atoms with E-state index in [-0.39, 0.29) is 0 Å². The quantitative estimate of drug-likeness (QED) is 0.171. The monoisotopic (exact) mass is 581 g/mol. The average Bonchev–Trinajstić information content (AvgIpc) is 3.86. The van der Waals surface area contributed by atoms with Crippen molar-refractivity contribution in [1.82, 2.24) is 0 Å². The first-order valence-electron chi connectivity index (χ1n) is 15.6. The van der Waals surface area contributed by atoms with Gasteiger partial charge in [-0.15, -0.1) is 0 Å². The zero-order chi connectivity index (χ0) is 25.7. The van der Waals surface area contributed by atoms with Gasteiger partial charge in [-0.3, -0.25) is 0 Å². The summed E-state index contributed by atoms with van der Waals surface area (Å²) in [6.07, 6.45) is 0. The predicted molar refractivity (Wildman–Crippen MR) is 162 cm³/mol. The van der Waals surface area contributed by atoms with Crippen molar-refractivity contribution in [2.75, 3.05) is 6.61 Å². The fraction of sp³-hybridized carbons (Fsp3) is 0.417. The Morgan fingerprint density at radius 1 is 0.725 bits per heavy atom. The molecular formula is C36H32FeNOP. The first-order chi connectivity index (χ1) is 19.4. The van der Waals surface area contributed by atoms with Gasteiger partial charge in [-0.05, 0) is 0 Å². The van der Waals surface area contributed by atoms with Crippen molar-refractivity contribution < 1.29 is 11.2 Å². The Kier molecular flexibility index (Phi) is 1.42. The van der Waals surface area contributed by atoms with Gasteiger partial charge in [0.1, 0.15) is 0 Å². The van der Waals surface area contributed by atoms with E-state index in [0.29, 0.717) is 20.3 Å². The number of nitrogens with zero attached hydrogens (tertiary/aromatic N) is 1. The van der Waals surface area contributed by atoms with E-state index in [1.165, 1.54) is 56.3 Å². The molecule has 15 rings (SSSR count). The van der Waals surface area contributed by atoms with Crippen LogP contribution in [0.1, 0.15) is 13.8 Å². The zero-order valence-electron chi connectivity index (χ0n) is 22.7. The van der Waals surface area contributed by atoms with Gasteiger partial charge >= 0.3 is 226 Å². The van der Waals surface area contributed by atoms with Gasteiger partial charge in [0, 0.05) is 0 Å². The van der Waals surface area contributed by atoms with Crippen LogP contribution in [0.2, 0.25) is 42.8 Å². The Bertz CT molecular complexity index is 2350. The standard InChI is InChI=1S/C31H27NOP.C5H5.Fe/c1-21(2)27-20-33-31(32-27)26-16-9-19-30(26)34(28-17-7-12-22-10-3-5-14-24(22)28)29-18-8-13-23-11-4-6-15-25(23)29;1-2-4-5-3-1;/h3-19,21,27H,20H2,1-2H3;1-5H;. The van der Waals surface area contributed by atoms with E-state index in [9.17, 15) is 0 Å². The second-order valence-corrected chi connectivity index (χ2v) is 43.6. The van der Waals surface area contributed by atoms with Crippen LogP contribution in [0.3, 0.4) is 0 Å². The molecule has 0 radical (unpaired) electrons. The minimum atomic E-state index is -3.98. The van der Waals surface area contributed by atoms with Gasteiger partial charge in [-0.25, -0.2) is 0 Å². The Labute approximate surface area is 225 Å². The van der Waals surface area contributed by atoms with Gasteiger partial charge in [0.05, 0.1) is 0 Å². The van der Waals surface area contributed by atoms with E-state index in [4.69, 9.17) is 9.73 Å². The Hall–Kier alpha value is -2.18. The van der Waals surface area contributed by atoms with E-state index < -0.39 is 14.4 Å². The molecule has 0 aliphatic carbocycles. The normalized spacial score (nSPS) is 63.2. The zero-order valence-corrected chi connectivity index (χ0v) is 24.7. The van der Waals surface area contributed by atoms with Gasteiger partial charge in [0.15, 0.2) is 0 Å². The molecule has 11 heterocycles. The molecule has 0 saturated carbocycles. The molecule has 4 heteroatoms. The molecule has 0 N–H and O–H groups in total. The van der Waals surface area contributed by atoms with Crippen molar-refractivity contribution in [3.8, 4) is 0 Å². The van der Waals surface area contributed by atoms with Crippen LogP contribution in [0.25, 0.3) is 21.5 Å². The first-order valence-corrected chi connectivity index (χ1v) is 23.1. The number of ether oxygens (including phenoxy) is 1. The second kappa shape index (κ2) is 2.98. The minimum absolute atomic E-state index is 0.369. The maximum absolute atomic E-state index is 6.97. The van der Waals surface area contributed by atoms with Gasteiger partial charge < -0.3 is 0 Å². The Morgan fingerprint density at radius 3 is 1.77 bits per heavy atom.